The summed E-state index contributed by atoms with van der Waals surface area (Å²) in [5.41, 5.74) is 0.571. The first-order chi connectivity index (χ1) is 9.63. The zero-order chi connectivity index (χ0) is 14.1. The number of thiophene rings is 1. The fourth-order valence-corrected chi connectivity index (χ4v) is 3.87. The minimum Gasteiger partial charge on any atom is -0.307 e. The molecule has 0 saturated carbocycles. The number of carbonyl (C=O) groups is 1. The lowest BCUT2D eigenvalue weighted by Gasteiger charge is -1.97. The second kappa shape index (κ2) is 5.47. The van der Waals surface area contributed by atoms with E-state index in [9.17, 15) is 9.18 Å². The third-order valence-electron chi connectivity index (χ3n) is 2.68. The van der Waals surface area contributed by atoms with Crippen LogP contribution in [0.5, 0.6) is 0 Å². The molecule has 0 aliphatic carbocycles. The number of hydrogen-bond donors (Lipinski definition) is 1. The molecule has 2 nitrogen and oxygen atoms in total. The molecule has 3 rings (SSSR count). The number of nitrogens with one attached hydrogen (secondary N) is 1. The van der Waals surface area contributed by atoms with Crippen LogP contribution in [0.2, 0.25) is 0 Å². The maximum absolute atomic E-state index is 13.7. The summed E-state index contributed by atoms with van der Waals surface area (Å²) < 4.78 is 14.2. The molecule has 1 N–H and O–H groups in total. The van der Waals surface area contributed by atoms with Crippen LogP contribution in [0.4, 0.5) is 4.39 Å². The number of rotatable bonds is 2. The van der Waals surface area contributed by atoms with Gasteiger partial charge in [-0.25, -0.2) is 4.39 Å². The molecule has 1 fully saturated rings. The SMILES string of the molecule is O=C1NC(=S)S/C1=C/c1ccc(-c2ccccc2F)s1. The van der Waals surface area contributed by atoms with Gasteiger partial charge in [0.25, 0.3) is 5.91 Å². The van der Waals surface area contributed by atoms with Gasteiger partial charge in [-0.15, -0.1) is 11.3 Å². The van der Waals surface area contributed by atoms with E-state index in [1.807, 2.05) is 12.1 Å². The molecule has 0 unspecified atom stereocenters. The molecule has 1 aromatic heterocycles. The van der Waals surface area contributed by atoms with E-state index < -0.39 is 0 Å². The maximum Gasteiger partial charge on any atom is 0.263 e. The van der Waals surface area contributed by atoms with E-state index in [1.165, 1.54) is 29.2 Å². The van der Waals surface area contributed by atoms with Gasteiger partial charge in [-0.2, -0.15) is 0 Å². The molecule has 1 aliphatic rings. The van der Waals surface area contributed by atoms with Crippen LogP contribution >= 0.6 is 35.3 Å². The number of thioether (sulfide) groups is 1. The van der Waals surface area contributed by atoms with Crippen LogP contribution in [0, 0.1) is 5.82 Å². The van der Waals surface area contributed by atoms with Crippen LogP contribution in [0.15, 0.2) is 41.3 Å². The Hall–Kier alpha value is -1.50. The average Bonchev–Trinajstić information content (AvgIpc) is 2.98. The van der Waals surface area contributed by atoms with Gasteiger partial charge in [-0.1, -0.05) is 42.2 Å². The predicted octanol–water partition coefficient (Wildman–Crippen LogP) is 4.04. The van der Waals surface area contributed by atoms with Gasteiger partial charge in [-0.05, 0) is 24.3 Å². The summed E-state index contributed by atoms with van der Waals surface area (Å²) in [5.74, 6) is -0.427. The molecular weight excluding hydrogens is 313 g/mol. The lowest BCUT2D eigenvalue weighted by molar-refractivity contribution is -0.115. The summed E-state index contributed by atoms with van der Waals surface area (Å²) in [6.07, 6.45) is 1.77. The third-order valence-corrected chi connectivity index (χ3v) is 4.91. The van der Waals surface area contributed by atoms with Crippen molar-refractivity contribution < 1.29 is 9.18 Å². The summed E-state index contributed by atoms with van der Waals surface area (Å²) in [5, 5.41) is 2.57. The highest BCUT2D eigenvalue weighted by Gasteiger charge is 2.22. The molecule has 0 atom stereocenters. The van der Waals surface area contributed by atoms with E-state index in [0.717, 1.165) is 9.75 Å². The zero-order valence-corrected chi connectivity index (χ0v) is 12.5. The summed E-state index contributed by atoms with van der Waals surface area (Å²) in [7, 11) is 0. The molecule has 6 heteroatoms. The molecule has 0 bridgehead atoms. The van der Waals surface area contributed by atoms with Gasteiger partial charge in [0, 0.05) is 15.3 Å². The van der Waals surface area contributed by atoms with E-state index in [-0.39, 0.29) is 11.7 Å². The highest BCUT2D eigenvalue weighted by Crippen LogP contribution is 2.33. The molecule has 2 aromatic rings. The van der Waals surface area contributed by atoms with E-state index >= 15 is 0 Å². The van der Waals surface area contributed by atoms with E-state index in [0.29, 0.717) is 14.8 Å². The Morgan fingerprint density at radius 3 is 2.70 bits per heavy atom. The molecule has 1 amide bonds. The number of hydrogen-bond acceptors (Lipinski definition) is 4. The Morgan fingerprint density at radius 2 is 2.00 bits per heavy atom. The number of carbonyl (C=O) groups excluding carboxylic acids is 1. The molecule has 0 spiro atoms. The van der Waals surface area contributed by atoms with Gasteiger partial charge in [0.05, 0.1) is 4.91 Å². The molecule has 100 valence electrons. The smallest absolute Gasteiger partial charge is 0.263 e. The highest BCUT2D eigenvalue weighted by molar-refractivity contribution is 8.26. The molecule has 1 aromatic carbocycles. The largest absolute Gasteiger partial charge is 0.307 e. The van der Waals surface area contributed by atoms with Gasteiger partial charge >= 0.3 is 0 Å². The Morgan fingerprint density at radius 1 is 1.20 bits per heavy atom. The minimum absolute atomic E-state index is 0.180. The van der Waals surface area contributed by atoms with Gasteiger partial charge < -0.3 is 5.32 Å². The quantitative estimate of drug-likeness (QED) is 0.668. The van der Waals surface area contributed by atoms with Crippen molar-refractivity contribution in [2.45, 2.75) is 0 Å². The van der Waals surface area contributed by atoms with Crippen molar-refractivity contribution in [2.24, 2.45) is 0 Å². The van der Waals surface area contributed by atoms with Crippen LogP contribution in [0.3, 0.4) is 0 Å². The van der Waals surface area contributed by atoms with Crippen LogP contribution in [-0.4, -0.2) is 10.2 Å². The van der Waals surface area contributed by atoms with Crippen molar-refractivity contribution in [1.29, 1.82) is 0 Å². The van der Waals surface area contributed by atoms with E-state index in [4.69, 9.17) is 12.2 Å². The average molecular weight is 321 g/mol. The van der Waals surface area contributed by atoms with E-state index in [2.05, 4.69) is 5.32 Å². The van der Waals surface area contributed by atoms with E-state index in [1.54, 1.807) is 24.3 Å². The molecule has 20 heavy (non-hydrogen) atoms. The van der Waals surface area contributed by atoms with Crippen molar-refractivity contribution in [2.75, 3.05) is 0 Å². The summed E-state index contributed by atoms with van der Waals surface area (Å²) in [4.78, 5) is 13.9. The second-order valence-electron chi connectivity index (χ2n) is 4.03. The Balaban J connectivity index is 1.92. The molecule has 1 aliphatic heterocycles. The molecular formula is C14H8FNOS3. The molecule has 0 radical (unpaired) electrons. The summed E-state index contributed by atoms with van der Waals surface area (Å²) in [6.45, 7) is 0. The lowest BCUT2D eigenvalue weighted by atomic mass is 10.2. The van der Waals surface area contributed by atoms with Crippen molar-refractivity contribution in [3.8, 4) is 10.4 Å². The first-order valence-electron chi connectivity index (χ1n) is 5.73. The summed E-state index contributed by atoms with van der Waals surface area (Å²) >= 11 is 7.61. The normalized spacial score (nSPS) is 16.8. The summed E-state index contributed by atoms with van der Waals surface area (Å²) in [6, 6.07) is 10.4. The van der Waals surface area contributed by atoms with Crippen LogP contribution in [0.1, 0.15) is 4.88 Å². The first-order valence-corrected chi connectivity index (χ1v) is 7.77. The molecule has 1 saturated heterocycles. The number of thiocarbonyl (C=S) groups is 1. The fourth-order valence-electron chi connectivity index (χ4n) is 1.79. The first kappa shape index (κ1) is 13.5. The number of halogens is 1. The number of benzene rings is 1. The Bertz CT molecular complexity index is 736. The zero-order valence-electron chi connectivity index (χ0n) is 10.1. The molecule has 2 heterocycles. The standard InChI is InChI=1S/C14H8FNOS3/c15-10-4-2-1-3-9(10)11-6-5-8(19-11)7-12-13(17)16-14(18)20-12/h1-7H,(H,16,17,18)/b12-7+. The Kier molecular flexibility index (Phi) is 3.69. The fraction of sp³-hybridized carbons (Fsp3) is 0. The lowest BCUT2D eigenvalue weighted by Crippen LogP contribution is -2.17. The maximum atomic E-state index is 13.7. The second-order valence-corrected chi connectivity index (χ2v) is 6.87. The highest BCUT2D eigenvalue weighted by atomic mass is 32.2. The minimum atomic E-state index is -0.247. The van der Waals surface area contributed by atoms with Crippen molar-refractivity contribution in [1.82, 2.24) is 5.32 Å². The van der Waals surface area contributed by atoms with Gasteiger partial charge in [0.1, 0.15) is 10.1 Å². The van der Waals surface area contributed by atoms with Crippen molar-refractivity contribution >= 4 is 51.6 Å². The topological polar surface area (TPSA) is 29.1 Å². The van der Waals surface area contributed by atoms with Gasteiger partial charge in [0.15, 0.2) is 0 Å². The predicted molar refractivity (Wildman–Crippen MR) is 86.0 cm³/mol. The Labute approximate surface area is 128 Å². The van der Waals surface area contributed by atoms with Crippen molar-refractivity contribution in [3.63, 3.8) is 0 Å². The van der Waals surface area contributed by atoms with Crippen LogP contribution in [-0.2, 0) is 4.79 Å². The van der Waals surface area contributed by atoms with Crippen LogP contribution < -0.4 is 5.32 Å². The van der Waals surface area contributed by atoms with Crippen molar-refractivity contribution in [3.05, 3.63) is 52.0 Å². The van der Waals surface area contributed by atoms with Gasteiger partial charge in [-0.3, -0.25) is 4.79 Å². The monoisotopic (exact) mass is 321 g/mol. The van der Waals surface area contributed by atoms with Crippen LogP contribution in [0.25, 0.3) is 16.5 Å². The van der Waals surface area contributed by atoms with Gasteiger partial charge in [0.2, 0.25) is 0 Å². The number of amides is 1. The third kappa shape index (κ3) is 2.67.